The Morgan fingerprint density at radius 3 is 2.09 bits per heavy atom. The third-order valence-corrected chi connectivity index (χ3v) is 2.99. The topological polar surface area (TPSA) is 155 Å². The molecule has 2 aromatic rings. The number of anilines is 1. The Balaban J connectivity index is 0. The summed E-state index contributed by atoms with van der Waals surface area (Å²) in [6.07, 6.45) is 0. The van der Waals surface area contributed by atoms with Crippen molar-refractivity contribution in [3.8, 4) is 5.75 Å². The Hall–Kier alpha value is -0.170. The first kappa shape index (κ1) is 24.1. The summed E-state index contributed by atoms with van der Waals surface area (Å²) in [5.41, 5.74) is 5.87. The Morgan fingerprint density at radius 1 is 1.14 bits per heavy atom. The van der Waals surface area contributed by atoms with E-state index >= 15 is 0 Å². The standard InChI is InChI=1S/C10H8NO4S.2Na.O3S/c11-8-3-1-2-6-4-7(16(13,14)15)5-9(12)10(6)8;;;1-4(2)3/h2-5,12H,11H2,(H,13,14,15);;;/q-1;2*+1;/p-1. The summed E-state index contributed by atoms with van der Waals surface area (Å²) in [6.45, 7) is 0. The van der Waals surface area contributed by atoms with Crippen molar-refractivity contribution in [3.05, 3.63) is 30.3 Å². The molecule has 0 amide bonds. The number of hydrogen-bond acceptors (Lipinski definition) is 8. The van der Waals surface area contributed by atoms with E-state index in [-0.39, 0.29) is 70.6 Å². The summed E-state index contributed by atoms with van der Waals surface area (Å²) in [6, 6.07) is 7.62. The largest absolute Gasteiger partial charge is 1.00 e. The van der Waals surface area contributed by atoms with E-state index in [2.05, 4.69) is 6.07 Å². The van der Waals surface area contributed by atoms with Crippen LogP contribution >= 0.6 is 0 Å². The molecule has 0 fully saturated rings. The molecule has 0 aliphatic heterocycles. The van der Waals surface area contributed by atoms with Gasteiger partial charge >= 0.3 is 69.7 Å². The van der Waals surface area contributed by atoms with Crippen LogP contribution < -0.4 is 64.8 Å². The molecule has 8 nitrogen and oxygen atoms in total. The Bertz CT molecular complexity index is 860. The van der Waals surface area contributed by atoms with Gasteiger partial charge in [0.1, 0.15) is 15.9 Å². The SMILES string of the molecule is Nc1c[c-]cc2cc(S(=O)(=O)[O-])cc(O)c12.O=S(=O)=O.[Na+].[Na+]. The molecule has 0 radical (unpaired) electrons. The monoisotopic (exact) mass is 363 g/mol. The molecular weight excluding hydrogens is 356 g/mol. The minimum atomic E-state index is -4.59. The molecule has 12 heteroatoms. The summed E-state index contributed by atoms with van der Waals surface area (Å²) >= 11 is 0. The second-order valence-electron chi connectivity index (χ2n) is 3.48. The van der Waals surface area contributed by atoms with Crippen LogP contribution in [-0.2, 0) is 20.7 Å². The first-order valence-electron chi connectivity index (χ1n) is 4.78. The fourth-order valence-corrected chi connectivity index (χ4v) is 2.02. The van der Waals surface area contributed by atoms with Gasteiger partial charge in [-0.05, 0) is 6.07 Å². The molecule has 0 saturated carbocycles. The zero-order chi connectivity index (χ0) is 15.5. The third-order valence-electron chi connectivity index (χ3n) is 2.18. The summed E-state index contributed by atoms with van der Waals surface area (Å²) in [5.74, 6) is -0.335. The van der Waals surface area contributed by atoms with E-state index in [1.54, 1.807) is 0 Å². The zero-order valence-electron chi connectivity index (χ0n) is 11.6. The van der Waals surface area contributed by atoms with Crippen molar-refractivity contribution in [1.82, 2.24) is 0 Å². The molecule has 108 valence electrons. The second-order valence-corrected chi connectivity index (χ2v) is 5.26. The molecule has 0 atom stereocenters. The molecule has 2 rings (SSSR count). The first-order valence-corrected chi connectivity index (χ1v) is 7.18. The predicted molar refractivity (Wildman–Crippen MR) is 66.5 cm³/mol. The fourth-order valence-electron chi connectivity index (χ4n) is 1.49. The van der Waals surface area contributed by atoms with Crippen molar-refractivity contribution in [1.29, 1.82) is 0 Å². The molecule has 0 aliphatic carbocycles. The van der Waals surface area contributed by atoms with Crippen LogP contribution in [-0.4, -0.2) is 30.7 Å². The van der Waals surface area contributed by atoms with Gasteiger partial charge in [0.05, 0.1) is 0 Å². The number of hydrogen-bond donors (Lipinski definition) is 2. The Labute approximate surface area is 172 Å². The maximum Gasteiger partial charge on any atom is 1.00 e. The number of fused-ring (bicyclic) bond motifs is 1. The smallest absolute Gasteiger partial charge is 0.744 e. The van der Waals surface area contributed by atoms with E-state index in [0.717, 1.165) is 12.1 Å². The van der Waals surface area contributed by atoms with Crippen molar-refractivity contribution >= 4 is 37.2 Å². The minimum absolute atomic E-state index is 0. The number of rotatable bonds is 1. The summed E-state index contributed by atoms with van der Waals surface area (Å²) < 4.78 is 57.8. The van der Waals surface area contributed by atoms with Gasteiger partial charge in [0.15, 0.2) is 0 Å². The van der Waals surface area contributed by atoms with E-state index in [0.29, 0.717) is 10.8 Å². The average molecular weight is 363 g/mol. The van der Waals surface area contributed by atoms with Gasteiger partial charge in [-0.1, -0.05) is 17.1 Å². The molecule has 0 aromatic heterocycles. The van der Waals surface area contributed by atoms with E-state index in [9.17, 15) is 18.1 Å². The van der Waals surface area contributed by atoms with E-state index < -0.39 is 25.6 Å². The van der Waals surface area contributed by atoms with Gasteiger partial charge in [0.2, 0.25) is 0 Å². The Kier molecular flexibility index (Phi) is 10.8. The molecule has 0 unspecified atom stereocenters. The van der Waals surface area contributed by atoms with Crippen LogP contribution in [0.1, 0.15) is 0 Å². The van der Waals surface area contributed by atoms with Crippen LogP contribution in [0.5, 0.6) is 5.75 Å². The maximum atomic E-state index is 10.8. The maximum absolute atomic E-state index is 10.8. The van der Waals surface area contributed by atoms with Crippen molar-refractivity contribution in [2.24, 2.45) is 0 Å². The van der Waals surface area contributed by atoms with Crippen LogP contribution in [0.15, 0.2) is 29.2 Å². The number of nitrogens with two attached hydrogens (primary N) is 1. The molecule has 3 N–H and O–H groups in total. The van der Waals surface area contributed by atoms with Crippen LogP contribution in [0.2, 0.25) is 0 Å². The fraction of sp³-hybridized carbons (Fsp3) is 0. The molecule has 0 saturated heterocycles. The zero-order valence-corrected chi connectivity index (χ0v) is 17.2. The normalized spacial score (nSPS) is 9.68. The van der Waals surface area contributed by atoms with Crippen LogP contribution in [0.25, 0.3) is 10.8 Å². The van der Waals surface area contributed by atoms with Crippen molar-refractivity contribution in [2.75, 3.05) is 5.73 Å². The van der Waals surface area contributed by atoms with Gasteiger partial charge in [-0.3, -0.25) is 0 Å². The van der Waals surface area contributed by atoms with E-state index in [1.165, 1.54) is 12.1 Å². The van der Waals surface area contributed by atoms with Gasteiger partial charge in [0, 0.05) is 4.90 Å². The van der Waals surface area contributed by atoms with Gasteiger partial charge in [0.25, 0.3) is 0 Å². The van der Waals surface area contributed by atoms with Gasteiger partial charge in [-0.25, -0.2) is 8.42 Å². The summed E-state index contributed by atoms with van der Waals surface area (Å²) in [5, 5.41) is 10.3. The molecule has 0 spiro atoms. The number of phenolic OH excluding ortho intramolecular Hbond substituents is 1. The number of aromatic hydroxyl groups is 1. The Morgan fingerprint density at radius 2 is 1.64 bits per heavy atom. The molecule has 0 heterocycles. The number of phenols is 1. The van der Waals surface area contributed by atoms with Gasteiger partial charge in [-0.15, -0.1) is 18.0 Å². The summed E-state index contributed by atoms with van der Waals surface area (Å²) in [7, 11) is -7.71. The van der Waals surface area contributed by atoms with Crippen LogP contribution in [0.4, 0.5) is 5.69 Å². The van der Waals surface area contributed by atoms with Crippen molar-refractivity contribution < 1.29 is 89.8 Å². The molecule has 0 aliphatic rings. The van der Waals surface area contributed by atoms with Crippen LogP contribution in [0, 0.1) is 6.07 Å². The van der Waals surface area contributed by atoms with Crippen molar-refractivity contribution in [2.45, 2.75) is 4.90 Å². The van der Waals surface area contributed by atoms with E-state index in [4.69, 9.17) is 18.4 Å². The number of nitrogen functional groups attached to an aromatic ring is 1. The third kappa shape index (κ3) is 6.94. The summed E-state index contributed by atoms with van der Waals surface area (Å²) in [4.78, 5) is -0.489. The van der Waals surface area contributed by atoms with Crippen molar-refractivity contribution in [3.63, 3.8) is 0 Å². The predicted octanol–water partition coefficient (Wildman–Crippen LogP) is -6.16. The molecule has 0 bridgehead atoms. The number of benzene rings is 2. The quantitative estimate of drug-likeness (QED) is 0.219. The minimum Gasteiger partial charge on any atom is -0.744 e. The molecule has 22 heavy (non-hydrogen) atoms. The second kappa shape index (κ2) is 9.85. The van der Waals surface area contributed by atoms with E-state index in [1.807, 2.05) is 0 Å². The molecule has 2 aromatic carbocycles. The van der Waals surface area contributed by atoms with Crippen LogP contribution in [0.3, 0.4) is 0 Å². The average Bonchev–Trinajstić information content (AvgIpc) is 2.26. The molecular formula is C10H7NNa2O7S2. The van der Waals surface area contributed by atoms with Gasteiger partial charge < -0.3 is 15.4 Å². The first-order chi connectivity index (χ1) is 9.12. The van der Waals surface area contributed by atoms with Gasteiger partial charge in [-0.2, -0.15) is 18.2 Å².